The predicted octanol–water partition coefficient (Wildman–Crippen LogP) is 3.07. The summed E-state index contributed by atoms with van der Waals surface area (Å²) in [6, 6.07) is 13.4. The van der Waals surface area contributed by atoms with Crippen molar-refractivity contribution in [1.29, 1.82) is 0 Å². The highest BCUT2D eigenvalue weighted by Crippen LogP contribution is 2.38. The third-order valence-corrected chi connectivity index (χ3v) is 7.00. The van der Waals surface area contributed by atoms with E-state index in [0.717, 1.165) is 4.47 Å². The molecule has 8 heteroatoms. The standard InChI is InChI=1S/C18H17BrN2O4S/c1-25-15-7-5-13(6-8-15)20-16-10-26(23,24)11-17(16)21(18(20)22)14-4-2-3-12(19)9-14/h2-9,16-17H,10-11H2,1H3. The molecule has 2 saturated heterocycles. The normalized spacial score (nSPS) is 24.0. The molecule has 0 spiro atoms. The maximum atomic E-state index is 13.2. The number of carbonyl (C=O) groups is 1. The van der Waals surface area contributed by atoms with Gasteiger partial charge in [-0.15, -0.1) is 0 Å². The number of sulfone groups is 1. The SMILES string of the molecule is COc1ccc(N2C(=O)N(c3cccc(Br)c3)C3CS(=O)(=O)CC32)cc1. The van der Waals surface area contributed by atoms with Gasteiger partial charge in [0.25, 0.3) is 0 Å². The first-order chi connectivity index (χ1) is 12.4. The minimum atomic E-state index is -3.21. The van der Waals surface area contributed by atoms with E-state index in [1.54, 1.807) is 41.2 Å². The Morgan fingerprint density at radius 3 is 2.19 bits per heavy atom. The van der Waals surface area contributed by atoms with E-state index in [9.17, 15) is 13.2 Å². The highest BCUT2D eigenvalue weighted by atomic mass is 79.9. The molecule has 2 aliphatic heterocycles. The van der Waals surface area contributed by atoms with Crippen LogP contribution in [0.5, 0.6) is 5.75 Å². The van der Waals surface area contributed by atoms with Crippen molar-refractivity contribution in [3.63, 3.8) is 0 Å². The van der Waals surface area contributed by atoms with E-state index in [0.29, 0.717) is 17.1 Å². The second-order valence-electron chi connectivity index (χ2n) is 6.41. The van der Waals surface area contributed by atoms with Crippen LogP contribution in [0.3, 0.4) is 0 Å². The monoisotopic (exact) mass is 436 g/mol. The fourth-order valence-corrected chi connectivity index (χ4v) is 5.98. The molecule has 2 unspecified atom stereocenters. The van der Waals surface area contributed by atoms with Gasteiger partial charge in [0.05, 0.1) is 30.7 Å². The lowest BCUT2D eigenvalue weighted by molar-refractivity contribution is 0.255. The molecule has 6 nitrogen and oxygen atoms in total. The average molecular weight is 437 g/mol. The molecule has 0 aromatic heterocycles. The molecule has 2 fully saturated rings. The summed E-state index contributed by atoms with van der Waals surface area (Å²) < 4.78 is 30.6. The number of rotatable bonds is 3. The van der Waals surface area contributed by atoms with Crippen LogP contribution in [-0.2, 0) is 9.84 Å². The number of urea groups is 1. The zero-order valence-corrected chi connectivity index (χ0v) is 16.4. The summed E-state index contributed by atoms with van der Waals surface area (Å²) in [4.78, 5) is 16.4. The van der Waals surface area contributed by atoms with Crippen molar-refractivity contribution in [2.45, 2.75) is 12.1 Å². The maximum absolute atomic E-state index is 13.2. The minimum absolute atomic E-state index is 0.0252. The number of nitrogens with zero attached hydrogens (tertiary/aromatic N) is 2. The van der Waals surface area contributed by atoms with Gasteiger partial charge in [-0.2, -0.15) is 0 Å². The first kappa shape index (κ1) is 17.4. The maximum Gasteiger partial charge on any atom is 0.329 e. The van der Waals surface area contributed by atoms with Crippen LogP contribution in [0.25, 0.3) is 0 Å². The van der Waals surface area contributed by atoms with Gasteiger partial charge >= 0.3 is 6.03 Å². The van der Waals surface area contributed by atoms with Crippen LogP contribution in [0.2, 0.25) is 0 Å². The lowest BCUT2D eigenvalue weighted by Crippen LogP contribution is -2.37. The van der Waals surface area contributed by atoms with Gasteiger partial charge in [-0.05, 0) is 42.5 Å². The molecule has 26 heavy (non-hydrogen) atoms. The first-order valence-corrected chi connectivity index (χ1v) is 10.7. The van der Waals surface area contributed by atoms with Gasteiger partial charge in [0, 0.05) is 15.8 Å². The smallest absolute Gasteiger partial charge is 0.329 e. The minimum Gasteiger partial charge on any atom is -0.497 e. The zero-order valence-electron chi connectivity index (χ0n) is 14.0. The number of halogens is 1. The number of anilines is 2. The van der Waals surface area contributed by atoms with Gasteiger partial charge in [0.2, 0.25) is 0 Å². The van der Waals surface area contributed by atoms with Gasteiger partial charge in [0.1, 0.15) is 5.75 Å². The van der Waals surface area contributed by atoms with Gasteiger partial charge in [-0.3, -0.25) is 9.80 Å². The third kappa shape index (κ3) is 2.87. The van der Waals surface area contributed by atoms with Crippen molar-refractivity contribution >= 4 is 43.2 Å². The summed E-state index contributed by atoms with van der Waals surface area (Å²) in [6.07, 6.45) is 0. The summed E-state index contributed by atoms with van der Waals surface area (Å²) in [5, 5.41) is 0. The van der Waals surface area contributed by atoms with E-state index in [1.165, 1.54) is 0 Å². The second kappa shape index (κ2) is 6.28. The summed E-state index contributed by atoms with van der Waals surface area (Å²) in [7, 11) is -1.63. The fourth-order valence-electron chi connectivity index (χ4n) is 3.68. The molecule has 2 amide bonds. The van der Waals surface area contributed by atoms with Gasteiger partial charge in [0.15, 0.2) is 9.84 Å². The largest absolute Gasteiger partial charge is 0.497 e. The lowest BCUT2D eigenvalue weighted by Gasteiger charge is -2.23. The van der Waals surface area contributed by atoms with E-state index in [-0.39, 0.29) is 17.5 Å². The number of ether oxygens (including phenoxy) is 1. The summed E-state index contributed by atoms with van der Waals surface area (Å²) >= 11 is 3.42. The molecule has 0 saturated carbocycles. The molecule has 2 aromatic rings. The number of carbonyl (C=O) groups excluding carboxylic acids is 1. The number of benzene rings is 2. The van der Waals surface area contributed by atoms with Crippen molar-refractivity contribution in [2.24, 2.45) is 0 Å². The Morgan fingerprint density at radius 1 is 1.00 bits per heavy atom. The number of fused-ring (bicyclic) bond motifs is 1. The van der Waals surface area contributed by atoms with Crippen LogP contribution in [0.4, 0.5) is 16.2 Å². The number of hydrogen-bond acceptors (Lipinski definition) is 4. The Labute approximate surface area is 160 Å². The predicted molar refractivity (Wildman–Crippen MR) is 104 cm³/mol. The van der Waals surface area contributed by atoms with E-state index < -0.39 is 21.9 Å². The quantitative estimate of drug-likeness (QED) is 0.693. The number of methoxy groups -OCH3 is 1. The Morgan fingerprint density at radius 2 is 1.62 bits per heavy atom. The van der Waals surface area contributed by atoms with Crippen molar-refractivity contribution in [1.82, 2.24) is 0 Å². The number of amides is 2. The van der Waals surface area contributed by atoms with Crippen molar-refractivity contribution < 1.29 is 17.9 Å². The summed E-state index contributed by atoms with van der Waals surface area (Å²) in [5.74, 6) is 0.627. The molecule has 2 aromatic carbocycles. The van der Waals surface area contributed by atoms with Crippen LogP contribution in [-0.4, -0.2) is 45.1 Å². The highest BCUT2D eigenvalue weighted by Gasteiger charge is 2.54. The molecule has 2 heterocycles. The fraction of sp³-hybridized carbons (Fsp3) is 0.278. The van der Waals surface area contributed by atoms with Crippen LogP contribution < -0.4 is 14.5 Å². The topological polar surface area (TPSA) is 66.9 Å². The third-order valence-electron chi connectivity index (χ3n) is 4.81. The van der Waals surface area contributed by atoms with Crippen LogP contribution >= 0.6 is 15.9 Å². The molecule has 0 N–H and O–H groups in total. The van der Waals surface area contributed by atoms with Crippen molar-refractivity contribution in [3.8, 4) is 5.75 Å². The average Bonchev–Trinajstić information content (AvgIpc) is 3.03. The first-order valence-electron chi connectivity index (χ1n) is 8.12. The molecule has 4 rings (SSSR count). The summed E-state index contributed by atoms with van der Waals surface area (Å²) in [5.41, 5.74) is 1.35. The van der Waals surface area contributed by atoms with Gasteiger partial charge < -0.3 is 4.74 Å². The Kier molecular flexibility index (Phi) is 4.19. The zero-order chi connectivity index (χ0) is 18.5. The van der Waals surface area contributed by atoms with E-state index >= 15 is 0 Å². The number of hydrogen-bond donors (Lipinski definition) is 0. The van der Waals surface area contributed by atoms with E-state index in [4.69, 9.17) is 4.74 Å². The van der Waals surface area contributed by atoms with Crippen molar-refractivity contribution in [2.75, 3.05) is 28.4 Å². The van der Waals surface area contributed by atoms with E-state index in [1.807, 2.05) is 24.3 Å². The molecule has 0 bridgehead atoms. The van der Waals surface area contributed by atoms with Gasteiger partial charge in [-0.1, -0.05) is 22.0 Å². The molecule has 0 radical (unpaired) electrons. The molecule has 2 aliphatic rings. The molecule has 136 valence electrons. The van der Waals surface area contributed by atoms with Crippen LogP contribution in [0.15, 0.2) is 53.0 Å². The lowest BCUT2D eigenvalue weighted by atomic mass is 10.1. The molecule has 0 aliphatic carbocycles. The Hall–Kier alpha value is -2.06. The second-order valence-corrected chi connectivity index (χ2v) is 9.48. The van der Waals surface area contributed by atoms with Crippen LogP contribution in [0, 0.1) is 0 Å². The highest BCUT2D eigenvalue weighted by molar-refractivity contribution is 9.10. The summed E-state index contributed by atoms with van der Waals surface area (Å²) in [6.45, 7) is 0. The Balaban J connectivity index is 1.78. The molecular formula is C18H17BrN2O4S. The van der Waals surface area contributed by atoms with Gasteiger partial charge in [-0.25, -0.2) is 13.2 Å². The molecular weight excluding hydrogens is 420 g/mol. The molecule has 2 atom stereocenters. The Bertz CT molecular complexity index is 961. The van der Waals surface area contributed by atoms with Crippen molar-refractivity contribution in [3.05, 3.63) is 53.0 Å². The van der Waals surface area contributed by atoms with E-state index in [2.05, 4.69) is 15.9 Å². The van der Waals surface area contributed by atoms with Crippen LogP contribution in [0.1, 0.15) is 0 Å².